The third-order valence-corrected chi connectivity index (χ3v) is 5.32. The maximum absolute atomic E-state index is 12.1. The molecule has 1 aliphatic heterocycles. The van der Waals surface area contributed by atoms with Gasteiger partial charge >= 0.3 is 0 Å². The molecule has 0 spiro atoms. The highest BCUT2D eigenvalue weighted by Crippen LogP contribution is 2.25. The molecule has 0 unspecified atom stereocenters. The van der Waals surface area contributed by atoms with Gasteiger partial charge in [0.25, 0.3) is 5.91 Å². The average molecular weight is 345 g/mol. The Bertz CT molecular complexity index is 741. The number of anilines is 1. The fourth-order valence-corrected chi connectivity index (χ4v) is 3.93. The predicted molar refractivity (Wildman–Crippen MR) is 95.6 cm³/mol. The van der Waals surface area contributed by atoms with Gasteiger partial charge in [-0.2, -0.15) is 0 Å². The molecule has 2 N–H and O–H groups in total. The lowest BCUT2D eigenvalue weighted by Crippen LogP contribution is -2.32. The second-order valence-corrected chi connectivity index (χ2v) is 6.96. The Morgan fingerprint density at radius 3 is 2.70 bits per heavy atom. The van der Waals surface area contributed by atoms with Crippen molar-refractivity contribution >= 4 is 45.6 Å². The van der Waals surface area contributed by atoms with Gasteiger partial charge < -0.3 is 10.6 Å². The number of benzene rings is 1. The van der Waals surface area contributed by atoms with Crippen molar-refractivity contribution in [1.29, 1.82) is 0 Å². The SMILES string of the molecule is O=C(CNC(=O)c1ccc(C2=NCCS2)s1)Nc1ccccc1. The number of amides is 2. The van der Waals surface area contributed by atoms with Gasteiger partial charge in [-0.15, -0.1) is 23.1 Å². The summed E-state index contributed by atoms with van der Waals surface area (Å²) in [5.74, 6) is 0.499. The van der Waals surface area contributed by atoms with Crippen molar-refractivity contribution in [3.63, 3.8) is 0 Å². The van der Waals surface area contributed by atoms with E-state index < -0.39 is 0 Å². The van der Waals surface area contributed by atoms with Crippen molar-refractivity contribution in [3.8, 4) is 0 Å². The Labute approximate surface area is 142 Å². The van der Waals surface area contributed by atoms with Crippen molar-refractivity contribution in [2.75, 3.05) is 24.2 Å². The largest absolute Gasteiger partial charge is 0.342 e. The molecule has 0 bridgehead atoms. The summed E-state index contributed by atoms with van der Waals surface area (Å²) < 4.78 is 0. The van der Waals surface area contributed by atoms with E-state index in [4.69, 9.17) is 0 Å². The number of carbonyl (C=O) groups is 2. The maximum Gasteiger partial charge on any atom is 0.261 e. The minimum Gasteiger partial charge on any atom is -0.342 e. The molecule has 0 atom stereocenters. The second-order valence-electron chi connectivity index (χ2n) is 4.80. The molecule has 23 heavy (non-hydrogen) atoms. The van der Waals surface area contributed by atoms with E-state index in [9.17, 15) is 9.59 Å². The van der Waals surface area contributed by atoms with E-state index in [1.807, 2.05) is 24.3 Å². The topological polar surface area (TPSA) is 70.6 Å². The van der Waals surface area contributed by atoms with Crippen LogP contribution in [0.1, 0.15) is 14.5 Å². The van der Waals surface area contributed by atoms with Crippen LogP contribution >= 0.6 is 23.1 Å². The maximum atomic E-state index is 12.1. The van der Waals surface area contributed by atoms with Crippen LogP contribution < -0.4 is 10.6 Å². The summed E-state index contributed by atoms with van der Waals surface area (Å²) in [5, 5.41) is 6.36. The number of nitrogens with one attached hydrogen (secondary N) is 2. The molecule has 2 aromatic rings. The van der Waals surface area contributed by atoms with Crippen molar-refractivity contribution in [1.82, 2.24) is 5.32 Å². The van der Waals surface area contributed by atoms with Crippen LogP contribution in [-0.2, 0) is 4.79 Å². The molecule has 2 heterocycles. The molecule has 0 fully saturated rings. The van der Waals surface area contributed by atoms with Gasteiger partial charge in [0.05, 0.1) is 16.3 Å². The minimum atomic E-state index is -0.253. The quantitative estimate of drug-likeness (QED) is 0.875. The fourth-order valence-electron chi connectivity index (χ4n) is 2.03. The van der Waals surface area contributed by atoms with Gasteiger partial charge in [-0.3, -0.25) is 14.6 Å². The highest BCUT2D eigenvalue weighted by molar-refractivity contribution is 8.15. The zero-order valence-corrected chi connectivity index (χ0v) is 13.9. The van der Waals surface area contributed by atoms with Gasteiger partial charge in [0.2, 0.25) is 5.91 Å². The van der Waals surface area contributed by atoms with Crippen LogP contribution in [0.15, 0.2) is 47.5 Å². The number of hydrogen-bond acceptors (Lipinski definition) is 5. The molecule has 0 aliphatic carbocycles. The molecule has 0 saturated carbocycles. The van der Waals surface area contributed by atoms with E-state index >= 15 is 0 Å². The number of thioether (sulfide) groups is 1. The lowest BCUT2D eigenvalue weighted by atomic mass is 10.3. The molecular formula is C16H15N3O2S2. The molecule has 2 amide bonds. The van der Waals surface area contributed by atoms with Crippen LogP contribution in [0.4, 0.5) is 5.69 Å². The molecule has 7 heteroatoms. The van der Waals surface area contributed by atoms with Gasteiger partial charge in [0.15, 0.2) is 0 Å². The van der Waals surface area contributed by atoms with E-state index in [1.165, 1.54) is 11.3 Å². The first-order chi connectivity index (χ1) is 11.2. The summed E-state index contributed by atoms with van der Waals surface area (Å²) in [5.41, 5.74) is 0.710. The second kappa shape index (κ2) is 7.43. The summed E-state index contributed by atoms with van der Waals surface area (Å²) >= 11 is 3.10. The number of aliphatic imine (C=N–C) groups is 1. The lowest BCUT2D eigenvalue weighted by Gasteiger charge is -2.05. The lowest BCUT2D eigenvalue weighted by molar-refractivity contribution is -0.115. The highest BCUT2D eigenvalue weighted by Gasteiger charge is 2.15. The Balaban J connectivity index is 1.52. The van der Waals surface area contributed by atoms with Crippen LogP contribution in [0.5, 0.6) is 0 Å². The first-order valence-electron chi connectivity index (χ1n) is 7.13. The van der Waals surface area contributed by atoms with E-state index in [0.717, 1.165) is 22.2 Å². The van der Waals surface area contributed by atoms with E-state index in [2.05, 4.69) is 15.6 Å². The molecule has 0 saturated heterocycles. The normalized spacial score (nSPS) is 13.5. The van der Waals surface area contributed by atoms with E-state index in [-0.39, 0.29) is 18.4 Å². The molecule has 118 valence electrons. The van der Waals surface area contributed by atoms with Gasteiger partial charge in [0.1, 0.15) is 5.04 Å². The summed E-state index contributed by atoms with van der Waals surface area (Å²) in [6.45, 7) is 0.774. The minimum absolute atomic E-state index is 0.0589. The van der Waals surface area contributed by atoms with Crippen molar-refractivity contribution in [3.05, 3.63) is 52.2 Å². The Morgan fingerprint density at radius 2 is 1.96 bits per heavy atom. The Morgan fingerprint density at radius 1 is 1.13 bits per heavy atom. The van der Waals surface area contributed by atoms with E-state index in [1.54, 1.807) is 30.0 Å². The molecule has 3 rings (SSSR count). The van der Waals surface area contributed by atoms with Gasteiger partial charge in [-0.05, 0) is 24.3 Å². The Kier molecular flexibility index (Phi) is 5.09. The van der Waals surface area contributed by atoms with Crippen LogP contribution in [0.25, 0.3) is 0 Å². The number of rotatable bonds is 5. The number of nitrogens with zero attached hydrogens (tertiary/aromatic N) is 1. The third kappa shape index (κ3) is 4.20. The van der Waals surface area contributed by atoms with Gasteiger partial charge in [0, 0.05) is 18.0 Å². The van der Waals surface area contributed by atoms with E-state index in [0.29, 0.717) is 10.6 Å². The van der Waals surface area contributed by atoms with Gasteiger partial charge in [-0.25, -0.2) is 0 Å². The number of para-hydroxylation sites is 1. The third-order valence-electron chi connectivity index (χ3n) is 3.09. The van der Waals surface area contributed by atoms with Crippen LogP contribution in [0.2, 0.25) is 0 Å². The highest BCUT2D eigenvalue weighted by atomic mass is 32.2. The number of carbonyl (C=O) groups excluding carboxylic acids is 2. The van der Waals surface area contributed by atoms with Crippen molar-refractivity contribution < 1.29 is 9.59 Å². The van der Waals surface area contributed by atoms with Crippen molar-refractivity contribution in [2.45, 2.75) is 0 Å². The fraction of sp³-hybridized carbons (Fsp3) is 0.188. The van der Waals surface area contributed by atoms with Crippen LogP contribution in [-0.4, -0.2) is 35.7 Å². The Hall–Kier alpha value is -2.12. The summed E-state index contributed by atoms with van der Waals surface area (Å²) in [7, 11) is 0. The predicted octanol–water partition coefficient (Wildman–Crippen LogP) is 2.61. The molecule has 0 radical (unpaired) electrons. The first-order valence-corrected chi connectivity index (χ1v) is 8.93. The average Bonchev–Trinajstić information content (AvgIpc) is 3.24. The molecular weight excluding hydrogens is 330 g/mol. The number of hydrogen-bond donors (Lipinski definition) is 2. The van der Waals surface area contributed by atoms with Crippen LogP contribution in [0, 0.1) is 0 Å². The smallest absolute Gasteiger partial charge is 0.261 e. The molecule has 5 nitrogen and oxygen atoms in total. The summed E-state index contributed by atoms with van der Waals surface area (Å²) in [6.07, 6.45) is 0. The number of thiophene rings is 1. The molecule has 1 aromatic carbocycles. The summed E-state index contributed by atoms with van der Waals surface area (Å²) in [4.78, 5) is 29.9. The summed E-state index contributed by atoms with van der Waals surface area (Å²) in [6, 6.07) is 12.8. The van der Waals surface area contributed by atoms with Gasteiger partial charge in [-0.1, -0.05) is 18.2 Å². The zero-order chi connectivity index (χ0) is 16.1. The monoisotopic (exact) mass is 345 g/mol. The molecule has 1 aromatic heterocycles. The zero-order valence-electron chi connectivity index (χ0n) is 12.2. The molecule has 1 aliphatic rings. The first kappa shape index (κ1) is 15.8. The van der Waals surface area contributed by atoms with Crippen LogP contribution in [0.3, 0.4) is 0 Å². The standard InChI is InChI=1S/C16H15N3O2S2/c20-14(19-11-4-2-1-3-5-11)10-18-15(21)12-6-7-13(23-12)16-17-8-9-22-16/h1-7H,8-10H2,(H,18,21)(H,19,20). The van der Waals surface area contributed by atoms with Crippen molar-refractivity contribution in [2.24, 2.45) is 4.99 Å².